The standard InChI is InChI=1S/C23H43NO10S2/c1-13-17(27)21(34-22-16(24-14(2)26)19(29)18(28)15(12-25)33-22)20(30)23(32-13)31-8-7-11-36-10-6-4-3-5-9-35/h13,15-23,25,27-30,35H,3-12H2,1-2H3,(H,24,26)/t13-,15+,16+,17+,18+,19+,20-,21+,22-,23+/m0/s1. The molecule has 0 aliphatic carbocycles. The first-order chi connectivity index (χ1) is 17.2. The van der Waals surface area contributed by atoms with E-state index < -0.39 is 73.9 Å². The zero-order chi connectivity index (χ0) is 26.7. The van der Waals surface area contributed by atoms with E-state index in [0.29, 0.717) is 6.61 Å². The molecule has 0 aromatic carbocycles. The third kappa shape index (κ3) is 9.53. The molecule has 13 heteroatoms. The normalized spacial score (nSPS) is 37.1. The molecule has 0 aromatic heterocycles. The molecule has 0 unspecified atom stereocenters. The maximum absolute atomic E-state index is 11.6. The molecular weight excluding hydrogens is 514 g/mol. The molecule has 2 aliphatic heterocycles. The van der Waals surface area contributed by atoms with Crippen molar-refractivity contribution in [1.82, 2.24) is 5.32 Å². The van der Waals surface area contributed by atoms with E-state index in [2.05, 4.69) is 17.9 Å². The third-order valence-corrected chi connectivity index (χ3v) is 7.71. The molecule has 0 radical (unpaired) electrons. The minimum Gasteiger partial charge on any atom is -0.394 e. The molecule has 212 valence electrons. The van der Waals surface area contributed by atoms with Crippen molar-refractivity contribution in [2.24, 2.45) is 0 Å². The van der Waals surface area contributed by atoms with E-state index in [9.17, 15) is 30.3 Å². The van der Waals surface area contributed by atoms with E-state index >= 15 is 0 Å². The van der Waals surface area contributed by atoms with Gasteiger partial charge in [-0.2, -0.15) is 24.4 Å². The number of aliphatic hydroxyl groups excluding tert-OH is 5. The average molecular weight is 558 g/mol. The van der Waals surface area contributed by atoms with Crippen molar-refractivity contribution in [2.75, 3.05) is 30.5 Å². The fraction of sp³-hybridized carbons (Fsp3) is 0.957. The van der Waals surface area contributed by atoms with Crippen molar-refractivity contribution in [3.05, 3.63) is 0 Å². The second kappa shape index (κ2) is 16.7. The lowest BCUT2D eigenvalue weighted by molar-refractivity contribution is -0.343. The lowest BCUT2D eigenvalue weighted by atomic mass is 9.95. The van der Waals surface area contributed by atoms with Gasteiger partial charge in [0.1, 0.15) is 42.7 Å². The number of unbranched alkanes of at least 4 members (excludes halogenated alkanes) is 3. The van der Waals surface area contributed by atoms with Gasteiger partial charge in [0.05, 0.1) is 19.3 Å². The van der Waals surface area contributed by atoms with Crippen molar-refractivity contribution in [3.8, 4) is 0 Å². The summed E-state index contributed by atoms with van der Waals surface area (Å²) in [5.74, 6) is 2.41. The van der Waals surface area contributed by atoms with Gasteiger partial charge in [-0.05, 0) is 43.4 Å². The van der Waals surface area contributed by atoms with Crippen molar-refractivity contribution in [2.45, 2.75) is 107 Å². The summed E-state index contributed by atoms with van der Waals surface area (Å²) in [7, 11) is 0. The van der Waals surface area contributed by atoms with Crippen molar-refractivity contribution >= 4 is 30.3 Å². The molecular formula is C23H43NO10S2. The summed E-state index contributed by atoms with van der Waals surface area (Å²) < 4.78 is 22.8. The number of thioether (sulfide) groups is 1. The van der Waals surface area contributed by atoms with Gasteiger partial charge in [-0.25, -0.2) is 0 Å². The van der Waals surface area contributed by atoms with Crippen LogP contribution in [0.1, 0.15) is 46.0 Å². The van der Waals surface area contributed by atoms with Crippen molar-refractivity contribution in [3.63, 3.8) is 0 Å². The molecule has 2 fully saturated rings. The topological polar surface area (TPSA) is 167 Å². The van der Waals surface area contributed by atoms with Crippen LogP contribution in [0.4, 0.5) is 0 Å². The maximum Gasteiger partial charge on any atom is 0.217 e. The number of amides is 1. The monoisotopic (exact) mass is 557 g/mol. The Kier molecular flexibility index (Phi) is 14.9. The van der Waals surface area contributed by atoms with Gasteiger partial charge >= 0.3 is 0 Å². The van der Waals surface area contributed by atoms with E-state index in [4.69, 9.17) is 18.9 Å². The second-order valence-electron chi connectivity index (χ2n) is 9.20. The Hall–Kier alpha value is -0.190. The predicted molar refractivity (Wildman–Crippen MR) is 137 cm³/mol. The highest BCUT2D eigenvalue weighted by atomic mass is 32.2. The maximum atomic E-state index is 11.6. The first-order valence-electron chi connectivity index (χ1n) is 12.6. The number of carbonyl (C=O) groups excluding carboxylic acids is 1. The number of hydrogen-bond donors (Lipinski definition) is 7. The second-order valence-corrected chi connectivity index (χ2v) is 10.9. The molecule has 11 nitrogen and oxygen atoms in total. The fourth-order valence-corrected chi connectivity index (χ4v) is 5.33. The van der Waals surface area contributed by atoms with Gasteiger partial charge in [-0.3, -0.25) is 4.79 Å². The Balaban J connectivity index is 1.89. The lowest BCUT2D eigenvalue weighted by Crippen LogP contribution is -2.67. The minimum atomic E-state index is -1.51. The summed E-state index contributed by atoms with van der Waals surface area (Å²) in [6, 6.07) is -1.20. The first kappa shape index (κ1) is 32.0. The van der Waals surface area contributed by atoms with E-state index in [-0.39, 0.29) is 0 Å². The highest BCUT2D eigenvalue weighted by Crippen LogP contribution is 2.29. The lowest BCUT2D eigenvalue weighted by Gasteiger charge is -2.46. The number of hydrogen-bond acceptors (Lipinski definition) is 12. The van der Waals surface area contributed by atoms with Crippen LogP contribution < -0.4 is 5.32 Å². The van der Waals surface area contributed by atoms with E-state index in [0.717, 1.165) is 30.1 Å². The van der Waals surface area contributed by atoms with Gasteiger partial charge < -0.3 is 49.8 Å². The molecule has 1 amide bonds. The third-order valence-electron chi connectivity index (χ3n) is 6.24. The van der Waals surface area contributed by atoms with Gasteiger partial charge in [0, 0.05) is 6.92 Å². The Labute approximate surface area is 222 Å². The molecule has 0 spiro atoms. The van der Waals surface area contributed by atoms with Gasteiger partial charge in [0.15, 0.2) is 12.6 Å². The summed E-state index contributed by atoms with van der Waals surface area (Å²) in [5, 5.41) is 54.1. The van der Waals surface area contributed by atoms with Crippen LogP contribution in [0.25, 0.3) is 0 Å². The van der Waals surface area contributed by atoms with Crippen LogP contribution in [-0.2, 0) is 23.7 Å². The molecule has 6 N–H and O–H groups in total. The summed E-state index contributed by atoms with van der Waals surface area (Å²) in [4.78, 5) is 11.6. The molecule has 2 heterocycles. The Morgan fingerprint density at radius 2 is 1.64 bits per heavy atom. The number of thiol groups is 1. The SMILES string of the molecule is CC(=O)N[C@H]1[C@H](O[C@H]2[C@H](O)[C@H](OCCCSCCCCCCS)O[C@@H](C)[C@H]2O)O[C@H](CO)[C@@H](O)[C@@H]1O. The molecule has 0 saturated carbocycles. The van der Waals surface area contributed by atoms with Crippen molar-refractivity contribution < 1.29 is 49.3 Å². The van der Waals surface area contributed by atoms with E-state index in [1.165, 1.54) is 26.2 Å². The molecule has 10 atom stereocenters. The van der Waals surface area contributed by atoms with E-state index in [1.54, 1.807) is 6.92 Å². The van der Waals surface area contributed by atoms with Gasteiger partial charge in [-0.1, -0.05) is 12.8 Å². The Morgan fingerprint density at radius 1 is 0.944 bits per heavy atom. The number of ether oxygens (including phenoxy) is 4. The first-order valence-corrected chi connectivity index (χ1v) is 14.4. The minimum absolute atomic E-state index is 0.343. The zero-order valence-electron chi connectivity index (χ0n) is 21.0. The van der Waals surface area contributed by atoms with Crippen LogP contribution in [-0.4, -0.2) is 123 Å². The smallest absolute Gasteiger partial charge is 0.217 e. The number of rotatable bonds is 15. The van der Waals surface area contributed by atoms with Crippen LogP contribution in [0.2, 0.25) is 0 Å². The van der Waals surface area contributed by atoms with Crippen LogP contribution >= 0.6 is 24.4 Å². The summed E-state index contributed by atoms with van der Waals surface area (Å²) in [6.45, 7) is 2.56. The van der Waals surface area contributed by atoms with Crippen LogP contribution in [0.5, 0.6) is 0 Å². The number of aliphatic hydroxyl groups is 5. The zero-order valence-corrected chi connectivity index (χ0v) is 22.7. The van der Waals surface area contributed by atoms with Gasteiger partial charge in [0.25, 0.3) is 0 Å². The van der Waals surface area contributed by atoms with Crippen molar-refractivity contribution in [1.29, 1.82) is 0 Å². The van der Waals surface area contributed by atoms with Crippen LogP contribution in [0.3, 0.4) is 0 Å². The number of carbonyl (C=O) groups is 1. The van der Waals surface area contributed by atoms with Crippen LogP contribution in [0.15, 0.2) is 0 Å². The molecule has 2 rings (SSSR count). The summed E-state index contributed by atoms with van der Waals surface area (Å²) >= 11 is 6.06. The van der Waals surface area contributed by atoms with Crippen LogP contribution in [0, 0.1) is 0 Å². The molecule has 0 bridgehead atoms. The van der Waals surface area contributed by atoms with E-state index in [1.807, 2.05) is 11.8 Å². The molecule has 2 aliphatic rings. The molecule has 36 heavy (non-hydrogen) atoms. The summed E-state index contributed by atoms with van der Waals surface area (Å²) in [5.41, 5.74) is 0. The number of nitrogens with one attached hydrogen (secondary N) is 1. The van der Waals surface area contributed by atoms with Gasteiger partial charge in [-0.15, -0.1) is 0 Å². The largest absolute Gasteiger partial charge is 0.394 e. The predicted octanol–water partition coefficient (Wildman–Crippen LogP) is -0.588. The highest BCUT2D eigenvalue weighted by molar-refractivity contribution is 7.99. The fourth-order valence-electron chi connectivity index (χ4n) is 4.17. The molecule has 0 aromatic rings. The Bertz CT molecular complexity index is 636. The quantitative estimate of drug-likeness (QED) is 0.102. The Morgan fingerprint density at radius 3 is 2.31 bits per heavy atom. The average Bonchev–Trinajstić information content (AvgIpc) is 2.84. The van der Waals surface area contributed by atoms with Gasteiger partial charge in [0.2, 0.25) is 5.91 Å². The summed E-state index contributed by atoms with van der Waals surface area (Å²) in [6.07, 6.45) is -5.77. The molecule has 2 saturated heterocycles. The highest BCUT2D eigenvalue weighted by Gasteiger charge is 2.50.